The van der Waals surface area contributed by atoms with Gasteiger partial charge in [-0.2, -0.15) is 0 Å². The fourth-order valence-corrected chi connectivity index (χ4v) is 1.74. The van der Waals surface area contributed by atoms with Crippen LogP contribution in [0.3, 0.4) is 0 Å². The first kappa shape index (κ1) is 11.9. The second-order valence-electron chi connectivity index (χ2n) is 4.02. The zero-order valence-corrected chi connectivity index (χ0v) is 10.7. The summed E-state index contributed by atoms with van der Waals surface area (Å²) in [5.41, 5.74) is 3.05. The average molecular weight is 249 g/mol. The lowest BCUT2D eigenvalue weighted by molar-refractivity contribution is 0.456. The molecule has 0 saturated heterocycles. The number of hydrogen-bond donors (Lipinski definition) is 0. The van der Waals surface area contributed by atoms with Crippen LogP contribution >= 0.6 is 11.6 Å². The molecule has 0 aliphatic heterocycles. The number of nitrogens with zero attached hydrogens (tertiary/aromatic N) is 2. The molecule has 0 atom stereocenters. The van der Waals surface area contributed by atoms with Gasteiger partial charge in [-0.05, 0) is 44.0 Å². The van der Waals surface area contributed by atoms with Crippen molar-refractivity contribution in [2.45, 2.75) is 20.8 Å². The lowest BCUT2D eigenvalue weighted by Crippen LogP contribution is -1.94. The van der Waals surface area contributed by atoms with E-state index in [-0.39, 0.29) is 0 Å². The lowest BCUT2D eigenvalue weighted by atomic mass is 10.1. The molecule has 1 aromatic heterocycles. The molecular formula is C13H13ClN2O. The molecule has 2 aromatic rings. The Labute approximate surface area is 105 Å². The monoisotopic (exact) mass is 248 g/mol. The first-order chi connectivity index (χ1) is 8.06. The normalized spacial score (nSPS) is 10.4. The van der Waals surface area contributed by atoms with Gasteiger partial charge in [0.15, 0.2) is 0 Å². The molecule has 17 heavy (non-hydrogen) atoms. The second kappa shape index (κ2) is 4.72. The molecule has 0 amide bonds. The Morgan fingerprint density at radius 1 is 1.00 bits per heavy atom. The van der Waals surface area contributed by atoms with Crippen molar-refractivity contribution in [2.24, 2.45) is 0 Å². The zero-order valence-electron chi connectivity index (χ0n) is 9.99. The second-order valence-corrected chi connectivity index (χ2v) is 4.38. The maximum Gasteiger partial charge on any atom is 0.226 e. The van der Waals surface area contributed by atoms with Crippen molar-refractivity contribution in [3.8, 4) is 11.6 Å². The molecule has 0 fully saturated rings. The van der Waals surface area contributed by atoms with Crippen LogP contribution in [-0.2, 0) is 0 Å². The van der Waals surface area contributed by atoms with E-state index in [0.717, 1.165) is 22.4 Å². The molecule has 0 radical (unpaired) electrons. The quantitative estimate of drug-likeness (QED) is 0.758. The lowest BCUT2D eigenvalue weighted by Gasteiger charge is -2.09. The van der Waals surface area contributed by atoms with Crippen molar-refractivity contribution in [1.82, 2.24) is 9.97 Å². The average Bonchev–Trinajstić information content (AvgIpc) is 2.23. The molecule has 1 heterocycles. The third-order valence-corrected chi connectivity index (χ3v) is 2.77. The summed E-state index contributed by atoms with van der Waals surface area (Å²) in [4.78, 5) is 7.97. The number of aromatic nitrogens is 2. The molecule has 0 bridgehead atoms. The Morgan fingerprint density at radius 2 is 1.65 bits per heavy atom. The summed E-state index contributed by atoms with van der Waals surface area (Å²) in [7, 11) is 0. The molecule has 3 nitrogen and oxygen atoms in total. The number of aryl methyl sites for hydroxylation is 2. The molecule has 4 heteroatoms. The van der Waals surface area contributed by atoms with Crippen LogP contribution in [0.5, 0.6) is 11.6 Å². The summed E-state index contributed by atoms with van der Waals surface area (Å²) < 4.78 is 5.72. The highest BCUT2D eigenvalue weighted by atomic mass is 35.5. The first-order valence-corrected chi connectivity index (χ1v) is 5.67. The van der Waals surface area contributed by atoms with Gasteiger partial charge in [-0.1, -0.05) is 17.7 Å². The number of rotatable bonds is 2. The van der Waals surface area contributed by atoms with Crippen molar-refractivity contribution in [1.29, 1.82) is 0 Å². The molecule has 0 aliphatic carbocycles. The Balaban J connectivity index is 2.34. The molecule has 88 valence electrons. The standard InChI is InChI=1S/C13H13ClN2O/c1-8-4-9(2)6-11(5-8)17-13-10(3)12(14)15-7-16-13/h4-7H,1-3H3. The maximum absolute atomic E-state index is 5.91. The Kier molecular flexibility index (Phi) is 3.29. The highest BCUT2D eigenvalue weighted by Crippen LogP contribution is 2.27. The predicted octanol–water partition coefficient (Wildman–Crippen LogP) is 3.85. The summed E-state index contributed by atoms with van der Waals surface area (Å²) in [6, 6.07) is 6.01. The van der Waals surface area contributed by atoms with Gasteiger partial charge < -0.3 is 4.74 Å². The minimum atomic E-state index is 0.416. The van der Waals surface area contributed by atoms with Crippen molar-refractivity contribution < 1.29 is 4.74 Å². The number of benzene rings is 1. The van der Waals surface area contributed by atoms with Gasteiger partial charge in [-0.25, -0.2) is 9.97 Å². The maximum atomic E-state index is 5.91. The summed E-state index contributed by atoms with van der Waals surface area (Å²) in [5.74, 6) is 1.26. The fraction of sp³-hybridized carbons (Fsp3) is 0.231. The van der Waals surface area contributed by atoms with Crippen LogP contribution in [-0.4, -0.2) is 9.97 Å². The molecule has 0 unspecified atom stereocenters. The molecule has 0 saturated carbocycles. The summed E-state index contributed by atoms with van der Waals surface area (Å²) in [6.07, 6.45) is 1.40. The van der Waals surface area contributed by atoms with E-state index >= 15 is 0 Å². The van der Waals surface area contributed by atoms with Gasteiger partial charge in [-0.3, -0.25) is 0 Å². The van der Waals surface area contributed by atoms with Crippen LogP contribution < -0.4 is 4.74 Å². The van der Waals surface area contributed by atoms with E-state index in [9.17, 15) is 0 Å². The van der Waals surface area contributed by atoms with Gasteiger partial charge in [0.1, 0.15) is 17.2 Å². The fourth-order valence-electron chi connectivity index (χ4n) is 1.62. The van der Waals surface area contributed by atoms with Crippen LogP contribution in [0.15, 0.2) is 24.5 Å². The van der Waals surface area contributed by atoms with E-state index in [1.54, 1.807) is 0 Å². The van der Waals surface area contributed by atoms with Gasteiger partial charge in [0.25, 0.3) is 0 Å². The number of hydrogen-bond acceptors (Lipinski definition) is 3. The van der Waals surface area contributed by atoms with Crippen LogP contribution in [0, 0.1) is 20.8 Å². The van der Waals surface area contributed by atoms with Gasteiger partial charge >= 0.3 is 0 Å². The highest BCUT2D eigenvalue weighted by Gasteiger charge is 2.07. The Morgan fingerprint density at radius 3 is 2.29 bits per heavy atom. The topological polar surface area (TPSA) is 35.0 Å². The van der Waals surface area contributed by atoms with Crippen LogP contribution in [0.2, 0.25) is 5.15 Å². The third kappa shape index (κ3) is 2.74. The van der Waals surface area contributed by atoms with Crippen molar-refractivity contribution in [3.63, 3.8) is 0 Å². The minimum Gasteiger partial charge on any atom is -0.439 e. The highest BCUT2D eigenvalue weighted by molar-refractivity contribution is 6.30. The van der Waals surface area contributed by atoms with Gasteiger partial charge in [-0.15, -0.1) is 0 Å². The van der Waals surface area contributed by atoms with Gasteiger partial charge in [0, 0.05) is 5.56 Å². The molecule has 2 rings (SSSR count). The largest absolute Gasteiger partial charge is 0.439 e. The SMILES string of the molecule is Cc1cc(C)cc(Oc2ncnc(Cl)c2C)c1. The number of ether oxygens (including phenoxy) is 1. The zero-order chi connectivity index (χ0) is 12.4. The van der Waals surface area contributed by atoms with Gasteiger partial charge in [0.2, 0.25) is 5.88 Å². The molecule has 1 aromatic carbocycles. The minimum absolute atomic E-state index is 0.416. The smallest absolute Gasteiger partial charge is 0.226 e. The van der Waals surface area contributed by atoms with Crippen LogP contribution in [0.25, 0.3) is 0 Å². The summed E-state index contributed by atoms with van der Waals surface area (Å²) in [5, 5.41) is 0.416. The van der Waals surface area contributed by atoms with E-state index in [2.05, 4.69) is 16.0 Å². The Bertz CT molecular complexity index is 535. The van der Waals surface area contributed by atoms with Crippen molar-refractivity contribution in [3.05, 3.63) is 46.4 Å². The van der Waals surface area contributed by atoms with Crippen molar-refractivity contribution >= 4 is 11.6 Å². The van der Waals surface area contributed by atoms with E-state index in [0.29, 0.717) is 11.0 Å². The number of halogens is 1. The Hall–Kier alpha value is -1.61. The van der Waals surface area contributed by atoms with E-state index in [4.69, 9.17) is 16.3 Å². The third-order valence-electron chi connectivity index (χ3n) is 2.39. The summed E-state index contributed by atoms with van der Waals surface area (Å²) in [6.45, 7) is 5.89. The summed E-state index contributed by atoms with van der Waals surface area (Å²) >= 11 is 5.91. The molecule has 0 aliphatic rings. The van der Waals surface area contributed by atoms with Gasteiger partial charge in [0.05, 0.1) is 0 Å². The van der Waals surface area contributed by atoms with Crippen LogP contribution in [0.1, 0.15) is 16.7 Å². The predicted molar refractivity (Wildman–Crippen MR) is 67.8 cm³/mol. The van der Waals surface area contributed by atoms with E-state index in [1.165, 1.54) is 6.33 Å². The van der Waals surface area contributed by atoms with Crippen LogP contribution in [0.4, 0.5) is 0 Å². The van der Waals surface area contributed by atoms with E-state index < -0.39 is 0 Å². The molecular weight excluding hydrogens is 236 g/mol. The molecule has 0 spiro atoms. The first-order valence-electron chi connectivity index (χ1n) is 5.29. The van der Waals surface area contributed by atoms with Crippen molar-refractivity contribution in [2.75, 3.05) is 0 Å². The van der Waals surface area contributed by atoms with E-state index in [1.807, 2.05) is 32.9 Å². The molecule has 0 N–H and O–H groups in total.